The van der Waals surface area contributed by atoms with Crippen molar-refractivity contribution in [3.05, 3.63) is 35.4 Å². The third-order valence-corrected chi connectivity index (χ3v) is 5.19. The van der Waals surface area contributed by atoms with Crippen LogP contribution in [0.1, 0.15) is 56.1 Å². The SMILES string of the molecule is Cc1cccc(CCNC2CCOC3(CCCCC3)C2)c1. The topological polar surface area (TPSA) is 21.3 Å². The van der Waals surface area contributed by atoms with Crippen LogP contribution in [0, 0.1) is 6.92 Å². The molecule has 116 valence electrons. The Morgan fingerprint density at radius 1 is 1.24 bits per heavy atom. The van der Waals surface area contributed by atoms with Gasteiger partial charge in [-0.1, -0.05) is 49.1 Å². The number of nitrogens with one attached hydrogen (secondary N) is 1. The molecule has 1 heterocycles. The minimum atomic E-state index is 0.220. The van der Waals surface area contributed by atoms with Gasteiger partial charge in [-0.2, -0.15) is 0 Å². The lowest BCUT2D eigenvalue weighted by molar-refractivity contribution is -0.109. The Morgan fingerprint density at radius 3 is 2.90 bits per heavy atom. The van der Waals surface area contributed by atoms with Gasteiger partial charge in [-0.25, -0.2) is 0 Å². The summed E-state index contributed by atoms with van der Waals surface area (Å²) in [6, 6.07) is 9.52. The van der Waals surface area contributed by atoms with Crippen molar-refractivity contribution in [3.63, 3.8) is 0 Å². The molecular weight excluding hydrogens is 258 g/mol. The van der Waals surface area contributed by atoms with E-state index in [-0.39, 0.29) is 5.60 Å². The van der Waals surface area contributed by atoms with Gasteiger partial charge in [0, 0.05) is 12.6 Å². The van der Waals surface area contributed by atoms with E-state index in [9.17, 15) is 0 Å². The standard InChI is InChI=1S/C19H29NO/c1-16-6-5-7-17(14-16)8-12-20-18-9-13-21-19(15-18)10-3-2-4-11-19/h5-7,14,18,20H,2-4,8-13,15H2,1H3. The third-order valence-electron chi connectivity index (χ3n) is 5.19. The summed E-state index contributed by atoms with van der Waals surface area (Å²) in [4.78, 5) is 0. The maximum Gasteiger partial charge on any atom is 0.0697 e. The van der Waals surface area contributed by atoms with E-state index >= 15 is 0 Å². The largest absolute Gasteiger partial charge is 0.375 e. The molecule has 2 nitrogen and oxygen atoms in total. The first-order valence-electron chi connectivity index (χ1n) is 8.69. The molecule has 21 heavy (non-hydrogen) atoms. The molecule has 1 saturated heterocycles. The van der Waals surface area contributed by atoms with Gasteiger partial charge in [0.1, 0.15) is 0 Å². The average Bonchev–Trinajstić information content (AvgIpc) is 2.48. The fourth-order valence-electron chi connectivity index (χ4n) is 4.03. The van der Waals surface area contributed by atoms with Crippen LogP contribution in [-0.4, -0.2) is 24.8 Å². The minimum absolute atomic E-state index is 0.220. The van der Waals surface area contributed by atoms with Crippen molar-refractivity contribution < 1.29 is 4.74 Å². The molecule has 1 spiro atoms. The van der Waals surface area contributed by atoms with Crippen LogP contribution in [-0.2, 0) is 11.2 Å². The van der Waals surface area contributed by atoms with Crippen LogP contribution in [0.4, 0.5) is 0 Å². The fraction of sp³-hybridized carbons (Fsp3) is 0.684. The first-order valence-corrected chi connectivity index (χ1v) is 8.69. The summed E-state index contributed by atoms with van der Waals surface area (Å²) in [5.41, 5.74) is 3.03. The van der Waals surface area contributed by atoms with Crippen molar-refractivity contribution in [1.82, 2.24) is 5.32 Å². The molecule has 1 aliphatic carbocycles. The number of hydrogen-bond donors (Lipinski definition) is 1. The Bertz CT molecular complexity index is 445. The van der Waals surface area contributed by atoms with Crippen molar-refractivity contribution in [2.45, 2.75) is 69.9 Å². The van der Waals surface area contributed by atoms with E-state index in [1.54, 1.807) is 0 Å². The van der Waals surface area contributed by atoms with Gasteiger partial charge in [-0.05, 0) is 51.1 Å². The highest BCUT2D eigenvalue weighted by Crippen LogP contribution is 2.38. The van der Waals surface area contributed by atoms with Gasteiger partial charge in [0.25, 0.3) is 0 Å². The Morgan fingerprint density at radius 2 is 2.10 bits per heavy atom. The number of rotatable bonds is 4. The second kappa shape index (κ2) is 6.93. The number of ether oxygens (including phenoxy) is 1. The van der Waals surface area contributed by atoms with Crippen molar-refractivity contribution in [1.29, 1.82) is 0 Å². The molecule has 1 unspecified atom stereocenters. The van der Waals surface area contributed by atoms with Gasteiger partial charge in [-0.15, -0.1) is 0 Å². The first-order chi connectivity index (χ1) is 10.3. The lowest BCUT2D eigenvalue weighted by Gasteiger charge is -2.43. The zero-order chi connectivity index (χ0) is 14.5. The van der Waals surface area contributed by atoms with Gasteiger partial charge in [0.2, 0.25) is 0 Å². The average molecular weight is 287 g/mol. The second-order valence-electron chi connectivity index (χ2n) is 6.98. The highest BCUT2D eigenvalue weighted by molar-refractivity contribution is 5.22. The zero-order valence-electron chi connectivity index (χ0n) is 13.4. The zero-order valence-corrected chi connectivity index (χ0v) is 13.4. The van der Waals surface area contributed by atoms with Crippen LogP contribution in [0.5, 0.6) is 0 Å². The van der Waals surface area contributed by atoms with Crippen LogP contribution < -0.4 is 5.32 Å². The van der Waals surface area contributed by atoms with Crippen LogP contribution in [0.25, 0.3) is 0 Å². The summed E-state index contributed by atoms with van der Waals surface area (Å²) in [6.45, 7) is 4.20. The van der Waals surface area contributed by atoms with Gasteiger partial charge < -0.3 is 10.1 Å². The highest BCUT2D eigenvalue weighted by atomic mass is 16.5. The third kappa shape index (κ3) is 4.08. The lowest BCUT2D eigenvalue weighted by atomic mass is 9.78. The van der Waals surface area contributed by atoms with E-state index in [1.165, 1.54) is 56.1 Å². The van der Waals surface area contributed by atoms with E-state index in [0.717, 1.165) is 19.6 Å². The maximum absolute atomic E-state index is 6.18. The van der Waals surface area contributed by atoms with E-state index < -0.39 is 0 Å². The lowest BCUT2D eigenvalue weighted by Crippen LogP contribution is -2.48. The van der Waals surface area contributed by atoms with Crippen LogP contribution in [0.3, 0.4) is 0 Å². The van der Waals surface area contributed by atoms with Crippen molar-refractivity contribution in [2.75, 3.05) is 13.2 Å². The van der Waals surface area contributed by atoms with E-state index in [4.69, 9.17) is 4.74 Å². The predicted molar refractivity (Wildman–Crippen MR) is 87.7 cm³/mol. The smallest absolute Gasteiger partial charge is 0.0697 e. The van der Waals surface area contributed by atoms with Crippen LogP contribution in [0.2, 0.25) is 0 Å². The molecule has 2 fully saturated rings. The summed E-state index contributed by atoms with van der Waals surface area (Å²) in [6.07, 6.45) is 10.2. The maximum atomic E-state index is 6.18. The molecule has 1 saturated carbocycles. The summed E-state index contributed by atoms with van der Waals surface area (Å²) in [5, 5.41) is 3.78. The quantitative estimate of drug-likeness (QED) is 0.903. The normalized spacial score (nSPS) is 25.1. The number of aryl methyl sites for hydroxylation is 1. The molecule has 0 amide bonds. The van der Waals surface area contributed by atoms with E-state index in [2.05, 4.69) is 36.5 Å². The Labute approximate surface area is 129 Å². The van der Waals surface area contributed by atoms with Crippen molar-refractivity contribution in [2.24, 2.45) is 0 Å². The van der Waals surface area contributed by atoms with Gasteiger partial charge in [0.15, 0.2) is 0 Å². The summed E-state index contributed by atoms with van der Waals surface area (Å²) >= 11 is 0. The minimum Gasteiger partial charge on any atom is -0.375 e. The summed E-state index contributed by atoms with van der Waals surface area (Å²) in [5.74, 6) is 0. The Balaban J connectivity index is 1.46. The Hall–Kier alpha value is -0.860. The molecule has 1 aromatic rings. The molecule has 1 aromatic carbocycles. The van der Waals surface area contributed by atoms with Gasteiger partial charge >= 0.3 is 0 Å². The molecule has 0 aromatic heterocycles. The molecule has 0 bridgehead atoms. The molecule has 2 heteroatoms. The molecule has 2 aliphatic rings. The molecule has 1 aliphatic heterocycles. The highest BCUT2D eigenvalue weighted by Gasteiger charge is 2.38. The van der Waals surface area contributed by atoms with Crippen molar-refractivity contribution >= 4 is 0 Å². The van der Waals surface area contributed by atoms with Crippen molar-refractivity contribution in [3.8, 4) is 0 Å². The molecular formula is C19H29NO. The van der Waals surface area contributed by atoms with Gasteiger partial charge in [-0.3, -0.25) is 0 Å². The number of benzene rings is 1. The van der Waals surface area contributed by atoms with Crippen LogP contribution >= 0.6 is 0 Å². The van der Waals surface area contributed by atoms with Crippen LogP contribution in [0.15, 0.2) is 24.3 Å². The molecule has 3 rings (SSSR count). The number of hydrogen-bond acceptors (Lipinski definition) is 2. The second-order valence-corrected chi connectivity index (χ2v) is 6.98. The van der Waals surface area contributed by atoms with E-state index in [0.29, 0.717) is 6.04 Å². The molecule has 1 atom stereocenters. The van der Waals surface area contributed by atoms with Gasteiger partial charge in [0.05, 0.1) is 5.60 Å². The fourth-order valence-corrected chi connectivity index (χ4v) is 4.03. The first kappa shape index (κ1) is 15.1. The summed E-state index contributed by atoms with van der Waals surface area (Å²) in [7, 11) is 0. The molecule has 1 N–H and O–H groups in total. The Kier molecular flexibility index (Phi) is 4.97. The molecule has 0 radical (unpaired) electrons. The predicted octanol–water partition coefficient (Wildman–Crippen LogP) is 4.01. The van der Waals surface area contributed by atoms with E-state index in [1.807, 2.05) is 0 Å². The monoisotopic (exact) mass is 287 g/mol. The summed E-state index contributed by atoms with van der Waals surface area (Å²) < 4.78 is 6.18.